The number of benzene rings is 7. The lowest BCUT2D eigenvalue weighted by molar-refractivity contribution is 0.673. The molecule has 0 saturated carbocycles. The first-order valence-corrected chi connectivity index (χ1v) is 17.5. The molecule has 0 radical (unpaired) electrons. The minimum Gasteiger partial charge on any atom is -0.457 e. The van der Waals surface area contributed by atoms with Crippen molar-refractivity contribution in [3.05, 3.63) is 109 Å². The smallest absolute Gasteiger partial charge is 0.159 e. The van der Waals surface area contributed by atoms with Crippen LogP contribution < -0.4 is 43.1 Å². The van der Waals surface area contributed by atoms with E-state index in [4.69, 9.17) is 8.83 Å². The summed E-state index contributed by atoms with van der Waals surface area (Å²) in [4.78, 5) is 2.42. The zero-order valence-electron chi connectivity index (χ0n) is 29.7. The minimum absolute atomic E-state index is 0.873. The normalized spacial score (nSPS) is 11.8. The third-order valence-electron chi connectivity index (χ3n) is 11.4. The molecular weight excluding hydrogens is 602 g/mol. The molecule has 0 spiro atoms. The van der Waals surface area contributed by atoms with Crippen molar-refractivity contribution in [2.24, 2.45) is 0 Å². The number of fused-ring (bicyclic) bond motifs is 8. The van der Waals surface area contributed by atoms with Crippen molar-refractivity contribution in [1.29, 1.82) is 0 Å². The number of para-hydroxylation sites is 1. The topological polar surface area (TPSA) is 29.5 Å². The number of anilines is 3. The van der Waals surface area contributed by atoms with Gasteiger partial charge in [-0.15, -0.1) is 5.46 Å². The van der Waals surface area contributed by atoms with E-state index >= 15 is 0 Å². The molecular formula is C40H32B7NO2. The maximum absolute atomic E-state index is 6.97. The molecule has 0 fully saturated rings. The van der Waals surface area contributed by atoms with Crippen LogP contribution in [0, 0.1) is 0 Å². The standard InChI is InChI=1S/C40H32B7NO2/c41-29-27-28-30(42)36(33(45)35(47)40(28)50-39(27)34(46)32(44)31(29)43)48(22-16-13-20(14-17-22)19-7-2-1-3-8-19)26-12-6-11-24-25-18-15-21-9-4-5-10-23(21)37(25)49-38(24)26/h1-18H,41-47H2. The van der Waals surface area contributed by atoms with Gasteiger partial charge in [-0.1, -0.05) is 118 Å². The second-order valence-corrected chi connectivity index (χ2v) is 13.9. The molecule has 0 atom stereocenters. The molecule has 2 aromatic heterocycles. The Hall–Kier alpha value is -5.35. The van der Waals surface area contributed by atoms with Gasteiger partial charge >= 0.3 is 0 Å². The molecule has 0 unspecified atom stereocenters. The van der Waals surface area contributed by atoms with E-state index < -0.39 is 0 Å². The zero-order chi connectivity index (χ0) is 34.4. The molecule has 0 saturated heterocycles. The fourth-order valence-electron chi connectivity index (χ4n) is 8.19. The molecule has 0 amide bonds. The highest BCUT2D eigenvalue weighted by Crippen LogP contribution is 2.43. The molecule has 0 aliphatic rings. The Morgan fingerprint density at radius 1 is 0.380 bits per heavy atom. The third kappa shape index (κ3) is 4.34. The summed E-state index contributed by atoms with van der Waals surface area (Å²) in [6, 6.07) is 38.9. The molecule has 0 N–H and O–H groups in total. The largest absolute Gasteiger partial charge is 0.457 e. The molecule has 50 heavy (non-hydrogen) atoms. The summed E-state index contributed by atoms with van der Waals surface area (Å²) in [5.74, 6) is 0. The van der Waals surface area contributed by atoms with E-state index in [1.165, 1.54) is 60.1 Å². The van der Waals surface area contributed by atoms with Crippen molar-refractivity contribution in [2.45, 2.75) is 0 Å². The maximum atomic E-state index is 6.97. The van der Waals surface area contributed by atoms with E-state index in [-0.39, 0.29) is 0 Å². The van der Waals surface area contributed by atoms with Gasteiger partial charge in [0, 0.05) is 38.3 Å². The highest BCUT2D eigenvalue weighted by Gasteiger charge is 2.27. The van der Waals surface area contributed by atoms with E-state index in [0.717, 1.165) is 61.0 Å². The molecule has 10 heteroatoms. The highest BCUT2D eigenvalue weighted by molar-refractivity contribution is 6.69. The lowest BCUT2D eigenvalue weighted by Crippen LogP contribution is -2.47. The van der Waals surface area contributed by atoms with E-state index in [1.807, 2.05) is 0 Å². The van der Waals surface area contributed by atoms with Gasteiger partial charge in [-0.2, -0.15) is 0 Å². The first-order valence-electron chi connectivity index (χ1n) is 17.5. The maximum Gasteiger partial charge on any atom is 0.159 e. The molecule has 9 rings (SSSR count). The summed E-state index contributed by atoms with van der Waals surface area (Å²) in [7, 11) is 15.6. The van der Waals surface area contributed by atoms with Crippen LogP contribution >= 0.6 is 0 Å². The van der Waals surface area contributed by atoms with Gasteiger partial charge in [-0.05, 0) is 40.8 Å². The van der Waals surface area contributed by atoms with Gasteiger partial charge in [0.05, 0.1) is 5.69 Å². The predicted octanol–water partition coefficient (Wildman–Crippen LogP) is -0.416. The number of hydrogen-bond acceptors (Lipinski definition) is 3. The van der Waals surface area contributed by atoms with Crippen LogP contribution in [0.1, 0.15) is 0 Å². The summed E-state index contributed by atoms with van der Waals surface area (Å²) in [5, 5.41) is 6.93. The average molecular weight is 634 g/mol. The Kier molecular flexibility index (Phi) is 6.97. The molecule has 0 aliphatic heterocycles. The fraction of sp³-hybridized carbons (Fsp3) is 0. The van der Waals surface area contributed by atoms with Gasteiger partial charge in [-0.25, -0.2) is 0 Å². The Morgan fingerprint density at radius 3 is 1.72 bits per heavy atom. The molecule has 0 aliphatic carbocycles. The third-order valence-corrected chi connectivity index (χ3v) is 11.4. The number of furan rings is 2. The first-order chi connectivity index (χ1) is 24.2. The van der Waals surface area contributed by atoms with Crippen LogP contribution in [0.4, 0.5) is 17.1 Å². The first kappa shape index (κ1) is 30.7. The minimum atomic E-state index is 0.873. The second kappa shape index (κ2) is 11.3. The van der Waals surface area contributed by atoms with E-state index in [0.29, 0.717) is 0 Å². The van der Waals surface area contributed by atoms with Crippen LogP contribution in [-0.2, 0) is 0 Å². The van der Waals surface area contributed by atoms with Gasteiger partial charge < -0.3 is 13.7 Å². The SMILES string of the molecule is Bc1c(B)c(B)c2c(oc3c(B)c(B)c(N(c4ccc(-c5ccccc5)cc4)c4cccc5c4oc4c6ccccc6ccc54)c(B)c32)c1B. The number of hydrogen-bond donors (Lipinski definition) is 0. The summed E-state index contributed by atoms with van der Waals surface area (Å²) >= 11 is 0. The quantitative estimate of drug-likeness (QED) is 0.247. The van der Waals surface area contributed by atoms with Crippen molar-refractivity contribution in [3.63, 3.8) is 0 Å². The highest BCUT2D eigenvalue weighted by atomic mass is 16.3. The molecule has 230 valence electrons. The average Bonchev–Trinajstić information content (AvgIpc) is 3.75. The van der Waals surface area contributed by atoms with Crippen LogP contribution in [-0.4, -0.2) is 54.9 Å². The monoisotopic (exact) mass is 635 g/mol. The van der Waals surface area contributed by atoms with Gasteiger partial charge in [0.1, 0.15) is 71.7 Å². The molecule has 3 nitrogen and oxygen atoms in total. The molecule has 0 bridgehead atoms. The summed E-state index contributed by atoms with van der Waals surface area (Å²) in [5.41, 5.74) is 18.0. The summed E-state index contributed by atoms with van der Waals surface area (Å²) < 4.78 is 13.8. The number of nitrogens with zero attached hydrogens (tertiary/aromatic N) is 1. The van der Waals surface area contributed by atoms with E-state index in [1.54, 1.807) is 0 Å². The lowest BCUT2D eigenvalue weighted by atomic mass is 9.65. The van der Waals surface area contributed by atoms with Crippen molar-refractivity contribution in [3.8, 4) is 11.1 Å². The molecule has 7 aromatic carbocycles. The van der Waals surface area contributed by atoms with Crippen LogP contribution in [0.3, 0.4) is 0 Å². The van der Waals surface area contributed by atoms with Crippen LogP contribution in [0.15, 0.2) is 118 Å². The Balaban J connectivity index is 1.38. The Labute approximate surface area is 297 Å². The van der Waals surface area contributed by atoms with Gasteiger partial charge in [0.15, 0.2) is 5.58 Å². The second-order valence-electron chi connectivity index (χ2n) is 13.9. The Morgan fingerprint density at radius 2 is 0.960 bits per heavy atom. The molecule has 9 aromatic rings. The molecule has 2 heterocycles. The van der Waals surface area contributed by atoms with Crippen LogP contribution in [0.5, 0.6) is 0 Å². The van der Waals surface area contributed by atoms with Crippen molar-refractivity contribution in [2.75, 3.05) is 4.90 Å². The van der Waals surface area contributed by atoms with E-state index in [2.05, 4.69) is 169 Å². The van der Waals surface area contributed by atoms with Gasteiger partial charge in [0.2, 0.25) is 0 Å². The lowest BCUT2D eigenvalue weighted by Gasteiger charge is -2.30. The van der Waals surface area contributed by atoms with Crippen LogP contribution in [0.2, 0.25) is 0 Å². The van der Waals surface area contributed by atoms with Crippen molar-refractivity contribution >= 4 is 165 Å². The fourth-order valence-corrected chi connectivity index (χ4v) is 8.19. The van der Waals surface area contributed by atoms with Crippen molar-refractivity contribution in [1.82, 2.24) is 0 Å². The van der Waals surface area contributed by atoms with Gasteiger partial charge in [0.25, 0.3) is 0 Å². The number of rotatable bonds is 4. The summed E-state index contributed by atoms with van der Waals surface area (Å²) in [6.45, 7) is 0. The van der Waals surface area contributed by atoms with E-state index in [9.17, 15) is 0 Å². The van der Waals surface area contributed by atoms with Crippen LogP contribution in [0.25, 0.3) is 65.8 Å². The van der Waals surface area contributed by atoms with Crippen molar-refractivity contribution < 1.29 is 8.83 Å². The van der Waals surface area contributed by atoms with Gasteiger partial charge in [-0.3, -0.25) is 0 Å². The zero-order valence-corrected chi connectivity index (χ0v) is 29.7. The summed E-state index contributed by atoms with van der Waals surface area (Å²) in [6.07, 6.45) is 0. The Bertz CT molecular complexity index is 2840. The predicted molar refractivity (Wildman–Crippen MR) is 236 cm³/mol.